The summed E-state index contributed by atoms with van der Waals surface area (Å²) in [5, 5.41) is 15.0. The van der Waals surface area contributed by atoms with E-state index in [2.05, 4.69) is 10.5 Å². The molecule has 3 N–H and O–H groups in total. The van der Waals surface area contributed by atoms with Crippen LogP contribution in [0.5, 0.6) is 11.5 Å². The second-order valence-corrected chi connectivity index (χ2v) is 4.47. The number of non-ortho nitro benzene ring substituents is 1. The van der Waals surface area contributed by atoms with Crippen molar-refractivity contribution in [2.75, 3.05) is 5.43 Å². The average Bonchev–Trinajstić information content (AvgIpc) is 2.87. The number of aromatic nitrogens is 2. The van der Waals surface area contributed by atoms with Gasteiger partial charge in [-0.2, -0.15) is 5.10 Å². The minimum Gasteiger partial charge on any atom is -0.454 e. The summed E-state index contributed by atoms with van der Waals surface area (Å²) in [6.07, 6.45) is 3.27. The molecule has 8 nitrogen and oxygen atoms in total. The minimum atomic E-state index is -0.509. The number of benzene rings is 1. The van der Waals surface area contributed by atoms with Gasteiger partial charge in [0.25, 0.3) is 5.69 Å². The maximum Gasteiger partial charge on any atom is 0.275 e. The quantitative estimate of drug-likeness (QED) is 0.493. The molecule has 1 heterocycles. The molecule has 0 saturated carbocycles. The van der Waals surface area contributed by atoms with E-state index in [1.807, 2.05) is 13.8 Å². The summed E-state index contributed by atoms with van der Waals surface area (Å²) < 4.78 is 7.29. The van der Waals surface area contributed by atoms with Gasteiger partial charge in [0, 0.05) is 18.2 Å². The van der Waals surface area contributed by atoms with Crippen molar-refractivity contribution in [3.63, 3.8) is 0 Å². The monoisotopic (exact) mass is 277 g/mol. The molecule has 0 amide bonds. The molecule has 0 spiro atoms. The zero-order valence-corrected chi connectivity index (χ0v) is 11.1. The Hall–Kier alpha value is -2.61. The van der Waals surface area contributed by atoms with E-state index in [0.717, 1.165) is 0 Å². The number of nitro benzene ring substituents is 1. The molecule has 2 aromatic rings. The van der Waals surface area contributed by atoms with Crippen molar-refractivity contribution in [1.29, 1.82) is 0 Å². The molecule has 0 saturated heterocycles. The summed E-state index contributed by atoms with van der Waals surface area (Å²) in [7, 11) is 0. The smallest absolute Gasteiger partial charge is 0.275 e. The highest BCUT2D eigenvalue weighted by molar-refractivity contribution is 5.56. The fraction of sp³-hybridized carbons (Fsp3) is 0.250. The number of nitrogens with zero attached hydrogens (tertiary/aromatic N) is 3. The Bertz CT molecular complexity index is 623. The molecule has 1 aromatic carbocycles. The maximum absolute atomic E-state index is 10.8. The van der Waals surface area contributed by atoms with Gasteiger partial charge < -0.3 is 10.2 Å². The highest BCUT2D eigenvalue weighted by Crippen LogP contribution is 2.29. The highest BCUT2D eigenvalue weighted by atomic mass is 16.6. The predicted octanol–water partition coefficient (Wildman–Crippen LogP) is 2.45. The Morgan fingerprint density at radius 2 is 2.15 bits per heavy atom. The number of nitrogens with one attached hydrogen (secondary N) is 1. The predicted molar refractivity (Wildman–Crippen MR) is 73.6 cm³/mol. The van der Waals surface area contributed by atoms with E-state index in [1.54, 1.807) is 23.1 Å². The van der Waals surface area contributed by atoms with Crippen LogP contribution in [0.3, 0.4) is 0 Å². The first-order valence-electron chi connectivity index (χ1n) is 5.97. The summed E-state index contributed by atoms with van der Waals surface area (Å²) in [5.41, 5.74) is 2.66. The fourth-order valence-electron chi connectivity index (χ4n) is 1.62. The minimum absolute atomic E-state index is 0.105. The van der Waals surface area contributed by atoms with Gasteiger partial charge in [0.15, 0.2) is 5.75 Å². The molecule has 2 rings (SSSR count). The van der Waals surface area contributed by atoms with Crippen LogP contribution in [0, 0.1) is 10.1 Å². The van der Waals surface area contributed by atoms with Gasteiger partial charge in [-0.15, -0.1) is 0 Å². The van der Waals surface area contributed by atoms with E-state index in [-0.39, 0.29) is 11.7 Å². The number of anilines is 1. The molecule has 0 fully saturated rings. The van der Waals surface area contributed by atoms with E-state index >= 15 is 0 Å². The molecule has 0 aliphatic carbocycles. The van der Waals surface area contributed by atoms with Gasteiger partial charge in [-0.1, -0.05) is 0 Å². The molecule has 0 aliphatic rings. The number of rotatable bonds is 5. The largest absolute Gasteiger partial charge is 0.454 e. The second-order valence-electron chi connectivity index (χ2n) is 4.47. The molecule has 106 valence electrons. The Labute approximate surface area is 115 Å². The maximum atomic E-state index is 10.8. The highest BCUT2D eigenvalue weighted by Gasteiger charge is 2.12. The lowest BCUT2D eigenvalue weighted by Gasteiger charge is -2.06. The Morgan fingerprint density at radius 3 is 2.70 bits per heavy atom. The number of ether oxygens (including phenoxy) is 1. The van der Waals surface area contributed by atoms with E-state index in [1.165, 1.54) is 12.1 Å². The molecule has 8 heteroatoms. The van der Waals surface area contributed by atoms with Crippen molar-refractivity contribution in [3.05, 3.63) is 40.7 Å². The van der Waals surface area contributed by atoms with Crippen LogP contribution in [0.4, 0.5) is 11.4 Å². The van der Waals surface area contributed by atoms with Crippen LogP contribution in [0.1, 0.15) is 19.9 Å². The molecule has 0 aliphatic heterocycles. The van der Waals surface area contributed by atoms with Crippen LogP contribution >= 0.6 is 0 Å². The normalized spacial score (nSPS) is 10.6. The SMILES string of the molecule is CC(C)n1cc(Oc2cc(NN)cc([N+](=O)[O-])c2)cn1. The molecule has 0 radical (unpaired) electrons. The number of hydrogen-bond donors (Lipinski definition) is 2. The van der Waals surface area contributed by atoms with Gasteiger partial charge in [0.2, 0.25) is 0 Å². The number of nitro groups is 1. The lowest BCUT2D eigenvalue weighted by atomic mass is 10.2. The zero-order chi connectivity index (χ0) is 14.7. The summed E-state index contributed by atoms with van der Waals surface area (Å²) in [5.74, 6) is 6.10. The van der Waals surface area contributed by atoms with Crippen LogP contribution in [-0.2, 0) is 0 Å². The Morgan fingerprint density at radius 1 is 1.40 bits per heavy atom. The number of nitrogen functional groups attached to an aromatic ring is 1. The van der Waals surface area contributed by atoms with E-state index in [9.17, 15) is 10.1 Å². The van der Waals surface area contributed by atoms with Crippen LogP contribution in [0.15, 0.2) is 30.6 Å². The van der Waals surface area contributed by atoms with Gasteiger partial charge in [0.05, 0.1) is 29.1 Å². The van der Waals surface area contributed by atoms with Crippen LogP contribution < -0.4 is 16.0 Å². The van der Waals surface area contributed by atoms with E-state index < -0.39 is 4.92 Å². The third kappa shape index (κ3) is 3.04. The number of hydrazine groups is 1. The van der Waals surface area contributed by atoms with Gasteiger partial charge in [-0.3, -0.25) is 20.6 Å². The van der Waals surface area contributed by atoms with E-state index in [4.69, 9.17) is 10.6 Å². The molecular weight excluding hydrogens is 262 g/mol. The van der Waals surface area contributed by atoms with Crippen molar-refractivity contribution < 1.29 is 9.66 Å². The Kier molecular flexibility index (Phi) is 3.85. The van der Waals surface area contributed by atoms with Gasteiger partial charge in [0.1, 0.15) is 5.75 Å². The van der Waals surface area contributed by atoms with E-state index in [0.29, 0.717) is 17.2 Å². The summed E-state index contributed by atoms with van der Waals surface area (Å²) >= 11 is 0. The first-order chi connectivity index (χ1) is 9.49. The van der Waals surface area contributed by atoms with Crippen molar-refractivity contribution in [2.24, 2.45) is 5.84 Å². The summed E-state index contributed by atoms with van der Waals surface area (Å²) in [4.78, 5) is 10.3. The third-order valence-electron chi connectivity index (χ3n) is 2.61. The molecular formula is C12H15N5O3. The molecule has 20 heavy (non-hydrogen) atoms. The average molecular weight is 277 g/mol. The third-order valence-corrected chi connectivity index (χ3v) is 2.61. The molecule has 0 bridgehead atoms. The summed E-state index contributed by atoms with van der Waals surface area (Å²) in [6.45, 7) is 3.97. The van der Waals surface area contributed by atoms with Crippen LogP contribution in [-0.4, -0.2) is 14.7 Å². The van der Waals surface area contributed by atoms with Crippen molar-refractivity contribution >= 4 is 11.4 Å². The van der Waals surface area contributed by atoms with Crippen molar-refractivity contribution in [3.8, 4) is 11.5 Å². The number of nitrogens with two attached hydrogens (primary N) is 1. The van der Waals surface area contributed by atoms with Gasteiger partial charge in [-0.05, 0) is 13.8 Å². The van der Waals surface area contributed by atoms with Crippen molar-refractivity contribution in [2.45, 2.75) is 19.9 Å². The first-order valence-corrected chi connectivity index (χ1v) is 5.97. The molecule has 0 atom stereocenters. The zero-order valence-electron chi connectivity index (χ0n) is 11.1. The van der Waals surface area contributed by atoms with Crippen LogP contribution in [0.2, 0.25) is 0 Å². The second kappa shape index (κ2) is 5.57. The number of hydrogen-bond acceptors (Lipinski definition) is 6. The Balaban J connectivity index is 2.27. The van der Waals surface area contributed by atoms with Crippen LogP contribution in [0.25, 0.3) is 0 Å². The lowest BCUT2D eigenvalue weighted by molar-refractivity contribution is -0.384. The van der Waals surface area contributed by atoms with Crippen molar-refractivity contribution in [1.82, 2.24) is 9.78 Å². The fourth-order valence-corrected chi connectivity index (χ4v) is 1.62. The summed E-state index contributed by atoms with van der Waals surface area (Å²) in [6, 6.07) is 4.43. The molecule has 1 aromatic heterocycles. The lowest BCUT2D eigenvalue weighted by Crippen LogP contribution is -2.07. The standard InChI is InChI=1S/C12H15N5O3/c1-8(2)16-7-12(6-14-16)20-11-4-9(15-13)3-10(5-11)17(18)19/h3-8,15H,13H2,1-2H3. The topological polar surface area (TPSA) is 108 Å². The van der Waals surface area contributed by atoms with Gasteiger partial charge in [-0.25, -0.2) is 0 Å². The first kappa shape index (κ1) is 13.8. The molecule has 0 unspecified atom stereocenters. The van der Waals surface area contributed by atoms with Gasteiger partial charge >= 0.3 is 0 Å².